The lowest BCUT2D eigenvalue weighted by Gasteiger charge is -2.08. The zero-order chi connectivity index (χ0) is 14.9. The fourth-order valence-electron chi connectivity index (χ4n) is 1.60. The first-order chi connectivity index (χ1) is 9.32. The van der Waals surface area contributed by atoms with Gasteiger partial charge in [0.2, 0.25) is 0 Å². The van der Waals surface area contributed by atoms with E-state index in [1.807, 2.05) is 0 Å². The number of alkyl halides is 3. The van der Waals surface area contributed by atoms with Gasteiger partial charge in [-0.2, -0.15) is 18.4 Å². The summed E-state index contributed by atoms with van der Waals surface area (Å²) in [5.74, 6) is -2.40. The third kappa shape index (κ3) is 2.59. The highest BCUT2D eigenvalue weighted by molar-refractivity contribution is 5.70. The van der Waals surface area contributed by atoms with Crippen molar-refractivity contribution in [2.24, 2.45) is 0 Å². The van der Waals surface area contributed by atoms with Crippen molar-refractivity contribution in [3.8, 4) is 17.2 Å². The van der Waals surface area contributed by atoms with Crippen molar-refractivity contribution in [1.82, 2.24) is 4.98 Å². The van der Waals surface area contributed by atoms with Crippen LogP contribution in [-0.4, -0.2) is 4.98 Å². The van der Waals surface area contributed by atoms with Gasteiger partial charge in [0.05, 0.1) is 11.6 Å². The molecule has 102 valence electrons. The van der Waals surface area contributed by atoms with Crippen LogP contribution in [0.15, 0.2) is 30.5 Å². The van der Waals surface area contributed by atoms with E-state index in [1.54, 1.807) is 6.07 Å². The number of nitrogens with zero attached hydrogens (tertiary/aromatic N) is 2. The zero-order valence-electron chi connectivity index (χ0n) is 9.67. The van der Waals surface area contributed by atoms with Crippen LogP contribution in [0.3, 0.4) is 0 Å². The molecule has 0 aliphatic carbocycles. The molecule has 0 radical (unpaired) electrons. The number of rotatable bonds is 1. The molecule has 0 aliphatic heterocycles. The van der Waals surface area contributed by atoms with Crippen LogP contribution in [0.4, 0.5) is 22.0 Å². The average molecular weight is 284 g/mol. The normalized spacial score (nSPS) is 11.2. The van der Waals surface area contributed by atoms with Crippen LogP contribution < -0.4 is 0 Å². The second-order valence-corrected chi connectivity index (χ2v) is 3.85. The molecule has 0 bridgehead atoms. The molecule has 2 nitrogen and oxygen atoms in total. The van der Waals surface area contributed by atoms with Crippen LogP contribution in [-0.2, 0) is 6.18 Å². The minimum Gasteiger partial charge on any atom is -0.251 e. The molecular formula is C13H5F5N2. The van der Waals surface area contributed by atoms with Gasteiger partial charge in [-0.05, 0) is 18.2 Å². The largest absolute Gasteiger partial charge is 0.433 e. The van der Waals surface area contributed by atoms with Crippen molar-refractivity contribution in [3.63, 3.8) is 0 Å². The minimum absolute atomic E-state index is 0.0207. The lowest BCUT2D eigenvalue weighted by atomic mass is 10.0. The van der Waals surface area contributed by atoms with Crippen LogP contribution in [0.2, 0.25) is 0 Å². The molecule has 1 aromatic heterocycles. The van der Waals surface area contributed by atoms with E-state index in [2.05, 4.69) is 4.98 Å². The van der Waals surface area contributed by atoms with Crippen molar-refractivity contribution in [1.29, 1.82) is 5.26 Å². The molecular weight excluding hydrogens is 279 g/mol. The van der Waals surface area contributed by atoms with E-state index < -0.39 is 23.5 Å². The van der Waals surface area contributed by atoms with E-state index in [9.17, 15) is 22.0 Å². The third-order valence-corrected chi connectivity index (χ3v) is 2.55. The first-order valence-electron chi connectivity index (χ1n) is 5.25. The summed E-state index contributed by atoms with van der Waals surface area (Å²) in [5.41, 5.74) is -1.23. The molecule has 0 unspecified atom stereocenters. The molecule has 2 rings (SSSR count). The van der Waals surface area contributed by atoms with Crippen LogP contribution in [0, 0.1) is 23.0 Å². The highest BCUT2D eigenvalue weighted by atomic mass is 19.4. The Morgan fingerprint density at radius 2 is 1.70 bits per heavy atom. The second kappa shape index (κ2) is 4.89. The quantitative estimate of drug-likeness (QED) is 0.744. The van der Waals surface area contributed by atoms with Gasteiger partial charge in [0.25, 0.3) is 0 Å². The molecule has 0 amide bonds. The lowest BCUT2D eigenvalue weighted by molar-refractivity contribution is -0.141. The van der Waals surface area contributed by atoms with Gasteiger partial charge in [-0.3, -0.25) is 4.98 Å². The SMILES string of the molecule is N#Cc1cc(F)c(F)cc1-c1ccc(C(F)(F)F)nc1. The number of hydrogen-bond donors (Lipinski definition) is 0. The Morgan fingerprint density at radius 1 is 1.05 bits per heavy atom. The van der Waals surface area contributed by atoms with E-state index >= 15 is 0 Å². The van der Waals surface area contributed by atoms with Gasteiger partial charge < -0.3 is 0 Å². The highest BCUT2D eigenvalue weighted by Gasteiger charge is 2.32. The van der Waals surface area contributed by atoms with Gasteiger partial charge in [-0.15, -0.1) is 0 Å². The number of halogens is 5. The van der Waals surface area contributed by atoms with Gasteiger partial charge in [-0.1, -0.05) is 6.07 Å². The standard InChI is InChI=1S/C13H5F5N2/c14-10-3-8(5-19)9(4-11(10)15)7-1-2-12(20-6-7)13(16,17)18/h1-4,6H. The van der Waals surface area contributed by atoms with Gasteiger partial charge in [0.15, 0.2) is 11.6 Å². The van der Waals surface area contributed by atoms with E-state index in [-0.39, 0.29) is 16.7 Å². The Kier molecular flexibility index (Phi) is 3.40. The lowest BCUT2D eigenvalue weighted by Crippen LogP contribution is -2.07. The molecule has 0 N–H and O–H groups in total. The molecule has 1 heterocycles. The summed E-state index contributed by atoms with van der Waals surface area (Å²) in [7, 11) is 0. The molecule has 7 heteroatoms. The fraction of sp³-hybridized carbons (Fsp3) is 0.0769. The monoisotopic (exact) mass is 284 g/mol. The van der Waals surface area contributed by atoms with Crippen LogP contribution in [0.5, 0.6) is 0 Å². The Labute approximate surface area is 110 Å². The predicted molar refractivity (Wildman–Crippen MR) is 59.3 cm³/mol. The van der Waals surface area contributed by atoms with Crippen LogP contribution in [0.1, 0.15) is 11.3 Å². The molecule has 0 saturated heterocycles. The Bertz CT molecular complexity index is 684. The minimum atomic E-state index is -4.59. The summed E-state index contributed by atoms with van der Waals surface area (Å²) in [6.07, 6.45) is -3.74. The highest BCUT2D eigenvalue weighted by Crippen LogP contribution is 2.30. The van der Waals surface area contributed by atoms with Crippen molar-refractivity contribution in [2.45, 2.75) is 6.18 Å². The predicted octanol–water partition coefficient (Wildman–Crippen LogP) is 3.92. The zero-order valence-corrected chi connectivity index (χ0v) is 9.67. The maximum absolute atomic E-state index is 13.2. The summed E-state index contributed by atoms with van der Waals surface area (Å²) in [5, 5.41) is 8.84. The van der Waals surface area contributed by atoms with Gasteiger partial charge >= 0.3 is 6.18 Å². The Morgan fingerprint density at radius 3 is 2.20 bits per heavy atom. The molecule has 1 aromatic carbocycles. The van der Waals surface area contributed by atoms with Crippen molar-refractivity contribution in [2.75, 3.05) is 0 Å². The maximum atomic E-state index is 13.2. The van der Waals surface area contributed by atoms with Crippen molar-refractivity contribution >= 4 is 0 Å². The van der Waals surface area contributed by atoms with E-state index in [0.717, 1.165) is 18.3 Å². The molecule has 0 aliphatic rings. The van der Waals surface area contributed by atoms with E-state index in [0.29, 0.717) is 12.1 Å². The Hall–Kier alpha value is -2.49. The number of aromatic nitrogens is 1. The first kappa shape index (κ1) is 13.9. The molecule has 20 heavy (non-hydrogen) atoms. The van der Waals surface area contributed by atoms with Crippen molar-refractivity contribution < 1.29 is 22.0 Å². The fourth-order valence-corrected chi connectivity index (χ4v) is 1.60. The van der Waals surface area contributed by atoms with Gasteiger partial charge in [0.1, 0.15) is 5.69 Å². The third-order valence-electron chi connectivity index (χ3n) is 2.55. The summed E-state index contributed by atoms with van der Waals surface area (Å²) < 4.78 is 63.2. The van der Waals surface area contributed by atoms with Gasteiger partial charge in [0, 0.05) is 17.3 Å². The van der Waals surface area contributed by atoms with Crippen molar-refractivity contribution in [3.05, 3.63) is 53.4 Å². The topological polar surface area (TPSA) is 36.7 Å². The second-order valence-electron chi connectivity index (χ2n) is 3.85. The first-order valence-corrected chi connectivity index (χ1v) is 5.25. The number of hydrogen-bond acceptors (Lipinski definition) is 2. The Balaban J connectivity index is 2.53. The summed E-state index contributed by atoms with van der Waals surface area (Å²) in [6.45, 7) is 0. The summed E-state index contributed by atoms with van der Waals surface area (Å²) in [4.78, 5) is 3.20. The molecule has 0 fully saturated rings. The van der Waals surface area contributed by atoms with Crippen LogP contribution >= 0.6 is 0 Å². The summed E-state index contributed by atoms with van der Waals surface area (Å²) >= 11 is 0. The average Bonchev–Trinajstić information content (AvgIpc) is 2.40. The smallest absolute Gasteiger partial charge is 0.251 e. The number of pyridine rings is 1. The van der Waals surface area contributed by atoms with E-state index in [1.165, 1.54) is 0 Å². The molecule has 0 atom stereocenters. The molecule has 0 spiro atoms. The maximum Gasteiger partial charge on any atom is 0.433 e. The van der Waals surface area contributed by atoms with E-state index in [4.69, 9.17) is 5.26 Å². The van der Waals surface area contributed by atoms with Crippen LogP contribution in [0.25, 0.3) is 11.1 Å². The molecule has 0 saturated carbocycles. The summed E-state index contributed by atoms with van der Waals surface area (Å²) in [6, 6.07) is 4.83. The number of nitriles is 1. The molecule has 2 aromatic rings. The number of benzene rings is 1. The van der Waals surface area contributed by atoms with Gasteiger partial charge in [-0.25, -0.2) is 8.78 Å².